The molecule has 2 N–H and O–H groups in total. The summed E-state index contributed by atoms with van der Waals surface area (Å²) in [5.41, 5.74) is 0.974. The summed E-state index contributed by atoms with van der Waals surface area (Å²) in [6.45, 7) is 5.67. The van der Waals surface area contributed by atoms with Gasteiger partial charge in [-0.1, -0.05) is 25.4 Å². The highest BCUT2D eigenvalue weighted by atomic mass is 35.5. The van der Waals surface area contributed by atoms with E-state index in [0.717, 1.165) is 0 Å². The Morgan fingerprint density at radius 3 is 2.34 bits per heavy atom. The Labute approximate surface area is 209 Å². The highest BCUT2D eigenvalue weighted by molar-refractivity contribution is 6.30. The van der Waals surface area contributed by atoms with Gasteiger partial charge in [-0.05, 0) is 67.1 Å². The molecule has 0 aromatic heterocycles. The van der Waals surface area contributed by atoms with Gasteiger partial charge in [-0.3, -0.25) is 14.4 Å². The van der Waals surface area contributed by atoms with E-state index >= 15 is 0 Å². The third kappa shape index (κ3) is 6.06. The van der Waals surface area contributed by atoms with Crippen molar-refractivity contribution in [2.45, 2.75) is 32.7 Å². The molecule has 8 nitrogen and oxygen atoms in total. The first kappa shape index (κ1) is 24.9. The summed E-state index contributed by atoms with van der Waals surface area (Å²) >= 11 is 5.93. The van der Waals surface area contributed by atoms with Crippen LogP contribution in [0.2, 0.25) is 5.02 Å². The number of carbonyl (C=O) groups is 3. The van der Waals surface area contributed by atoms with Crippen molar-refractivity contribution in [2.75, 3.05) is 26.4 Å². The van der Waals surface area contributed by atoms with Crippen LogP contribution in [0.4, 0.5) is 0 Å². The van der Waals surface area contributed by atoms with E-state index in [1.54, 1.807) is 47.4 Å². The van der Waals surface area contributed by atoms with Crippen molar-refractivity contribution in [3.63, 3.8) is 0 Å². The summed E-state index contributed by atoms with van der Waals surface area (Å²) in [6, 6.07) is 11.1. The van der Waals surface area contributed by atoms with Crippen LogP contribution in [-0.4, -0.2) is 55.1 Å². The van der Waals surface area contributed by atoms with E-state index in [4.69, 9.17) is 21.1 Å². The Bertz CT molecular complexity index is 1080. The minimum Gasteiger partial charge on any atom is -0.454 e. The summed E-state index contributed by atoms with van der Waals surface area (Å²) in [6.07, 6.45) is 1.20. The number of carbonyl (C=O) groups excluding carboxylic acids is 3. The molecule has 9 heteroatoms. The lowest BCUT2D eigenvalue weighted by atomic mass is 9.88. The Morgan fingerprint density at radius 2 is 1.66 bits per heavy atom. The number of hydrogen-bond acceptors (Lipinski definition) is 5. The van der Waals surface area contributed by atoms with Crippen LogP contribution < -0.4 is 20.1 Å². The van der Waals surface area contributed by atoms with Gasteiger partial charge in [0, 0.05) is 35.8 Å². The number of likely N-dealkylation sites (tertiary alicyclic amines) is 1. The molecule has 2 aliphatic rings. The maximum atomic E-state index is 13.1. The van der Waals surface area contributed by atoms with Crippen LogP contribution in [-0.2, 0) is 4.79 Å². The van der Waals surface area contributed by atoms with Crippen LogP contribution in [0.15, 0.2) is 42.5 Å². The predicted octanol–water partition coefficient (Wildman–Crippen LogP) is 3.49. The molecule has 1 saturated heterocycles. The quantitative estimate of drug-likeness (QED) is 0.608. The molecule has 3 amide bonds. The normalized spacial score (nSPS) is 16.2. The zero-order valence-corrected chi connectivity index (χ0v) is 20.6. The minimum atomic E-state index is -0.709. The monoisotopic (exact) mass is 499 g/mol. The number of amides is 3. The van der Waals surface area contributed by atoms with Crippen molar-refractivity contribution in [1.29, 1.82) is 0 Å². The fraction of sp³-hybridized carbons (Fsp3) is 0.423. The molecule has 0 bridgehead atoms. The van der Waals surface area contributed by atoms with E-state index in [2.05, 4.69) is 10.6 Å². The lowest BCUT2D eigenvalue weighted by Crippen LogP contribution is -2.54. The number of benzene rings is 2. The Kier molecular flexibility index (Phi) is 7.80. The molecule has 2 aliphatic heterocycles. The lowest BCUT2D eigenvalue weighted by molar-refractivity contribution is -0.124. The van der Waals surface area contributed by atoms with Crippen LogP contribution in [0.25, 0.3) is 0 Å². The molecular formula is C26H30ClN3O5. The molecule has 2 aromatic rings. The Balaban J connectivity index is 1.43. The molecule has 0 unspecified atom stereocenters. The molecule has 1 fully saturated rings. The third-order valence-corrected chi connectivity index (χ3v) is 6.53. The van der Waals surface area contributed by atoms with E-state index in [1.165, 1.54) is 0 Å². The second-order valence-electron chi connectivity index (χ2n) is 9.29. The predicted molar refractivity (Wildman–Crippen MR) is 132 cm³/mol. The number of piperidine rings is 1. The lowest BCUT2D eigenvalue weighted by Gasteiger charge is -2.36. The Hall–Kier alpha value is -3.26. The van der Waals surface area contributed by atoms with Crippen LogP contribution in [0.3, 0.4) is 0 Å². The van der Waals surface area contributed by atoms with E-state index < -0.39 is 6.04 Å². The third-order valence-electron chi connectivity index (χ3n) is 6.28. The van der Waals surface area contributed by atoms with E-state index in [0.29, 0.717) is 60.1 Å². The van der Waals surface area contributed by atoms with Gasteiger partial charge in [0.2, 0.25) is 12.7 Å². The second-order valence-corrected chi connectivity index (χ2v) is 9.73. The van der Waals surface area contributed by atoms with Crippen molar-refractivity contribution < 1.29 is 23.9 Å². The average molecular weight is 500 g/mol. The van der Waals surface area contributed by atoms with Gasteiger partial charge in [-0.15, -0.1) is 0 Å². The summed E-state index contributed by atoms with van der Waals surface area (Å²) in [4.78, 5) is 40.8. The van der Waals surface area contributed by atoms with Gasteiger partial charge in [0.1, 0.15) is 6.04 Å². The molecular weight excluding hydrogens is 470 g/mol. The van der Waals surface area contributed by atoms with E-state index in [9.17, 15) is 14.4 Å². The van der Waals surface area contributed by atoms with Gasteiger partial charge >= 0.3 is 0 Å². The van der Waals surface area contributed by atoms with Gasteiger partial charge in [-0.2, -0.15) is 0 Å². The van der Waals surface area contributed by atoms with Crippen LogP contribution in [0.5, 0.6) is 11.5 Å². The first-order valence-corrected chi connectivity index (χ1v) is 12.2. The van der Waals surface area contributed by atoms with Crippen LogP contribution in [0.1, 0.15) is 47.4 Å². The molecule has 0 saturated carbocycles. The minimum absolute atomic E-state index is 0.0645. The molecule has 2 heterocycles. The number of nitrogens with one attached hydrogen (secondary N) is 2. The van der Waals surface area contributed by atoms with Gasteiger partial charge in [0.15, 0.2) is 11.5 Å². The first-order chi connectivity index (χ1) is 16.8. The van der Waals surface area contributed by atoms with Crippen molar-refractivity contribution in [3.8, 4) is 11.5 Å². The largest absolute Gasteiger partial charge is 0.454 e. The topological polar surface area (TPSA) is 97.0 Å². The standard InChI is InChI=1S/C26H30ClN3O5/c1-16(2)14-28-25(32)23(29-24(31)19-5-8-21-22(13-19)35-15-34-21)17-9-11-30(12-10-17)26(33)18-3-6-20(27)7-4-18/h3-8,13,16-17,23H,9-12,14-15H2,1-2H3,(H,28,32)(H,29,31)/t23-/m0/s1. The zero-order valence-electron chi connectivity index (χ0n) is 19.9. The smallest absolute Gasteiger partial charge is 0.253 e. The number of fused-ring (bicyclic) bond motifs is 1. The molecule has 0 radical (unpaired) electrons. The Morgan fingerprint density at radius 1 is 1.00 bits per heavy atom. The molecule has 186 valence electrons. The fourth-order valence-corrected chi connectivity index (χ4v) is 4.41. The number of nitrogens with zero attached hydrogens (tertiary/aromatic N) is 1. The molecule has 2 aromatic carbocycles. The van der Waals surface area contributed by atoms with Gasteiger partial charge in [0.25, 0.3) is 11.8 Å². The second kappa shape index (κ2) is 11.0. The van der Waals surface area contributed by atoms with Crippen LogP contribution in [0, 0.1) is 11.8 Å². The molecule has 1 atom stereocenters. The first-order valence-electron chi connectivity index (χ1n) is 11.8. The summed E-state index contributed by atoms with van der Waals surface area (Å²) < 4.78 is 10.7. The maximum absolute atomic E-state index is 13.1. The molecule has 0 spiro atoms. The van der Waals surface area contributed by atoms with Gasteiger partial charge < -0.3 is 25.0 Å². The van der Waals surface area contributed by atoms with E-state index in [-0.39, 0.29) is 36.4 Å². The number of hydrogen-bond donors (Lipinski definition) is 2. The highest BCUT2D eigenvalue weighted by Gasteiger charge is 2.34. The number of ether oxygens (including phenoxy) is 2. The van der Waals surface area contributed by atoms with E-state index in [1.807, 2.05) is 13.8 Å². The van der Waals surface area contributed by atoms with Crippen molar-refractivity contribution in [1.82, 2.24) is 15.5 Å². The average Bonchev–Trinajstić information content (AvgIpc) is 3.34. The molecule has 0 aliphatic carbocycles. The van der Waals surface area contributed by atoms with Crippen molar-refractivity contribution >= 4 is 29.3 Å². The van der Waals surface area contributed by atoms with Crippen molar-refractivity contribution in [2.24, 2.45) is 11.8 Å². The maximum Gasteiger partial charge on any atom is 0.253 e. The summed E-state index contributed by atoms with van der Waals surface area (Å²) in [5, 5.41) is 6.46. The number of rotatable bonds is 7. The molecule has 4 rings (SSSR count). The fourth-order valence-electron chi connectivity index (χ4n) is 4.29. The highest BCUT2D eigenvalue weighted by Crippen LogP contribution is 2.32. The zero-order chi connectivity index (χ0) is 24.9. The summed E-state index contributed by atoms with van der Waals surface area (Å²) in [7, 11) is 0. The van der Waals surface area contributed by atoms with Crippen LogP contribution >= 0.6 is 11.6 Å². The number of halogens is 1. The molecule has 35 heavy (non-hydrogen) atoms. The van der Waals surface area contributed by atoms with Gasteiger partial charge in [0.05, 0.1) is 0 Å². The summed E-state index contributed by atoms with van der Waals surface area (Å²) in [5.74, 6) is 0.642. The van der Waals surface area contributed by atoms with Crippen molar-refractivity contribution in [3.05, 3.63) is 58.6 Å². The van der Waals surface area contributed by atoms with Gasteiger partial charge in [-0.25, -0.2) is 0 Å². The SMILES string of the molecule is CC(C)CNC(=O)[C@@H](NC(=O)c1ccc2c(c1)OCO2)C1CCN(C(=O)c2ccc(Cl)cc2)CC1.